The quantitative estimate of drug-likeness (QED) is 0.341. The van der Waals surface area contributed by atoms with Crippen molar-refractivity contribution in [3.8, 4) is 5.92 Å². The predicted octanol–water partition coefficient (Wildman–Crippen LogP) is 2.28. The average molecular weight is 199 g/mol. The minimum Gasteiger partial charge on any atom is -0.366 e. The molecule has 54 valence electrons. The summed E-state index contributed by atoms with van der Waals surface area (Å²) in [5, 5.41) is 0.689. The standard InChI is InChI=1S/C8H4Cl.Cu/c1-2-7-3-5-8(9)6-4-7;/h3-6H;/q-1;+1. The van der Waals surface area contributed by atoms with Gasteiger partial charge in [0.1, 0.15) is 0 Å². The van der Waals surface area contributed by atoms with Crippen LogP contribution in [0, 0.1) is 12.3 Å². The van der Waals surface area contributed by atoms with Gasteiger partial charge >= 0.3 is 17.1 Å². The fourth-order valence-corrected chi connectivity index (χ4v) is 0.659. The van der Waals surface area contributed by atoms with Crippen molar-refractivity contribution in [1.29, 1.82) is 0 Å². The summed E-state index contributed by atoms with van der Waals surface area (Å²) in [6, 6.07) is 6.96. The van der Waals surface area contributed by atoms with Gasteiger partial charge in [-0.2, -0.15) is 0 Å². The molecule has 0 aliphatic carbocycles. The van der Waals surface area contributed by atoms with Crippen LogP contribution in [0.4, 0.5) is 0 Å². The van der Waals surface area contributed by atoms with Gasteiger partial charge in [-0.15, -0.1) is 17.7 Å². The first-order valence-corrected chi connectivity index (χ1v) is 2.89. The molecule has 1 aromatic carbocycles. The Kier molecular flexibility index (Phi) is 4.23. The Morgan fingerprint density at radius 1 is 1.20 bits per heavy atom. The zero-order valence-corrected chi connectivity index (χ0v) is 6.69. The molecule has 0 radical (unpaired) electrons. The molecule has 0 aliphatic heterocycles. The van der Waals surface area contributed by atoms with Gasteiger partial charge < -0.3 is 6.42 Å². The number of halogens is 1. The van der Waals surface area contributed by atoms with Crippen LogP contribution in [0.1, 0.15) is 5.56 Å². The van der Waals surface area contributed by atoms with Gasteiger partial charge in [0.2, 0.25) is 0 Å². The first-order valence-electron chi connectivity index (χ1n) is 2.51. The number of hydrogen-bond donors (Lipinski definition) is 0. The SMILES string of the molecule is [C-]#Cc1ccc(Cl)cc1.[Cu+]. The zero-order chi connectivity index (χ0) is 6.69. The first-order chi connectivity index (χ1) is 4.33. The second-order valence-electron chi connectivity index (χ2n) is 1.63. The van der Waals surface area contributed by atoms with E-state index in [0.29, 0.717) is 5.02 Å². The monoisotopic (exact) mass is 198 g/mol. The molecule has 10 heavy (non-hydrogen) atoms. The van der Waals surface area contributed by atoms with E-state index in [0.717, 1.165) is 5.56 Å². The predicted molar refractivity (Wildman–Crippen MR) is 37.7 cm³/mol. The van der Waals surface area contributed by atoms with E-state index in [1.165, 1.54) is 0 Å². The van der Waals surface area contributed by atoms with Gasteiger partial charge in [-0.1, -0.05) is 23.7 Å². The van der Waals surface area contributed by atoms with Crippen molar-refractivity contribution in [3.05, 3.63) is 41.3 Å². The Morgan fingerprint density at radius 3 is 2.10 bits per heavy atom. The van der Waals surface area contributed by atoms with Gasteiger partial charge in [-0.25, -0.2) is 0 Å². The van der Waals surface area contributed by atoms with Crippen molar-refractivity contribution in [2.45, 2.75) is 0 Å². The van der Waals surface area contributed by atoms with Crippen molar-refractivity contribution in [3.63, 3.8) is 0 Å². The van der Waals surface area contributed by atoms with Crippen molar-refractivity contribution < 1.29 is 17.1 Å². The molecule has 0 unspecified atom stereocenters. The third-order valence-corrected chi connectivity index (χ3v) is 1.24. The average Bonchev–Trinajstić information content (AvgIpc) is 1.90. The molecule has 0 atom stereocenters. The fraction of sp³-hybridized carbons (Fsp3) is 0. The molecule has 0 aromatic heterocycles. The summed E-state index contributed by atoms with van der Waals surface area (Å²) >= 11 is 5.58. The molecule has 1 aromatic rings. The zero-order valence-electron chi connectivity index (χ0n) is 4.99. The topological polar surface area (TPSA) is 0 Å². The first kappa shape index (κ1) is 9.59. The molecule has 0 amide bonds. The molecule has 0 aliphatic rings. The van der Waals surface area contributed by atoms with Crippen LogP contribution in [0.3, 0.4) is 0 Å². The largest absolute Gasteiger partial charge is 1.00 e. The summed E-state index contributed by atoms with van der Waals surface area (Å²) in [6.07, 6.45) is 6.72. The maximum absolute atomic E-state index is 6.72. The summed E-state index contributed by atoms with van der Waals surface area (Å²) in [4.78, 5) is 0. The van der Waals surface area contributed by atoms with E-state index in [-0.39, 0.29) is 17.1 Å². The molecular formula is C8H4ClCu. The minimum atomic E-state index is 0. The van der Waals surface area contributed by atoms with Gasteiger partial charge in [0.05, 0.1) is 0 Å². The number of hydrogen-bond acceptors (Lipinski definition) is 0. The van der Waals surface area contributed by atoms with E-state index >= 15 is 0 Å². The van der Waals surface area contributed by atoms with Gasteiger partial charge in [0.15, 0.2) is 0 Å². The summed E-state index contributed by atoms with van der Waals surface area (Å²) < 4.78 is 0. The molecule has 0 fully saturated rings. The van der Waals surface area contributed by atoms with Crippen LogP contribution in [0.2, 0.25) is 5.02 Å². The van der Waals surface area contributed by atoms with Crippen LogP contribution in [0.5, 0.6) is 0 Å². The maximum Gasteiger partial charge on any atom is 1.00 e. The summed E-state index contributed by atoms with van der Waals surface area (Å²) in [6.45, 7) is 0. The molecule has 0 heterocycles. The van der Waals surface area contributed by atoms with E-state index in [4.69, 9.17) is 18.0 Å². The Labute approximate surface area is 76.1 Å². The van der Waals surface area contributed by atoms with E-state index in [1.54, 1.807) is 24.3 Å². The molecule has 0 nitrogen and oxygen atoms in total. The van der Waals surface area contributed by atoms with E-state index < -0.39 is 0 Å². The van der Waals surface area contributed by atoms with Crippen molar-refractivity contribution in [1.82, 2.24) is 0 Å². The minimum absolute atomic E-state index is 0. The summed E-state index contributed by atoms with van der Waals surface area (Å²) in [7, 11) is 0. The smallest absolute Gasteiger partial charge is 0.366 e. The molecule has 2 heteroatoms. The van der Waals surface area contributed by atoms with E-state index in [9.17, 15) is 0 Å². The van der Waals surface area contributed by atoms with E-state index in [1.807, 2.05) is 0 Å². The molecule has 1 rings (SSSR count). The van der Waals surface area contributed by atoms with Crippen LogP contribution < -0.4 is 0 Å². The Balaban J connectivity index is 0.000000810. The fourth-order valence-electron chi connectivity index (χ4n) is 0.533. The Morgan fingerprint density at radius 2 is 1.70 bits per heavy atom. The number of benzene rings is 1. The van der Waals surface area contributed by atoms with Gasteiger partial charge in [0, 0.05) is 5.02 Å². The third-order valence-electron chi connectivity index (χ3n) is 0.989. The molecule has 0 N–H and O–H groups in total. The van der Waals surface area contributed by atoms with Gasteiger partial charge in [-0.05, 0) is 0 Å². The van der Waals surface area contributed by atoms with Crippen molar-refractivity contribution in [2.75, 3.05) is 0 Å². The Bertz CT molecular complexity index is 232. The third kappa shape index (κ3) is 2.45. The summed E-state index contributed by atoms with van der Waals surface area (Å²) in [5.41, 5.74) is 0.749. The second-order valence-corrected chi connectivity index (χ2v) is 2.07. The molecule has 0 bridgehead atoms. The molecule has 0 spiro atoms. The van der Waals surface area contributed by atoms with Crippen molar-refractivity contribution >= 4 is 11.6 Å². The Hall–Kier alpha value is -0.411. The second kappa shape index (κ2) is 4.41. The van der Waals surface area contributed by atoms with Crippen LogP contribution in [0.15, 0.2) is 24.3 Å². The number of rotatable bonds is 0. The molecule has 0 saturated carbocycles. The molecule has 0 saturated heterocycles. The van der Waals surface area contributed by atoms with Crippen molar-refractivity contribution in [2.24, 2.45) is 0 Å². The van der Waals surface area contributed by atoms with Gasteiger partial charge in [-0.3, -0.25) is 5.92 Å². The van der Waals surface area contributed by atoms with Crippen LogP contribution in [-0.4, -0.2) is 0 Å². The summed E-state index contributed by atoms with van der Waals surface area (Å²) in [5.74, 6) is 2.25. The van der Waals surface area contributed by atoms with Gasteiger partial charge in [0.25, 0.3) is 0 Å². The van der Waals surface area contributed by atoms with E-state index in [2.05, 4.69) is 5.92 Å². The molecular weight excluding hydrogens is 195 g/mol. The normalized spacial score (nSPS) is 7.60. The van der Waals surface area contributed by atoms with Crippen LogP contribution in [0.25, 0.3) is 0 Å². The van der Waals surface area contributed by atoms with Crippen LogP contribution in [-0.2, 0) is 17.1 Å². The maximum atomic E-state index is 6.72. The van der Waals surface area contributed by atoms with Crippen LogP contribution >= 0.6 is 11.6 Å².